The van der Waals surface area contributed by atoms with Gasteiger partial charge in [0.2, 0.25) is 5.91 Å². The molecule has 3 aromatic rings. The molecular weight excluding hydrogens is 349 g/mol. The summed E-state index contributed by atoms with van der Waals surface area (Å²) in [6.07, 6.45) is 1.91. The number of aromatic nitrogens is 2. The maximum atomic E-state index is 13.3. The number of halogens is 1. The number of hydrogen-bond donors (Lipinski definition) is 1. The monoisotopic (exact) mass is 367 g/mol. The lowest BCUT2D eigenvalue weighted by Gasteiger charge is -2.25. The minimum atomic E-state index is -0.308. The summed E-state index contributed by atoms with van der Waals surface area (Å²) in [6.45, 7) is 0. The topological polar surface area (TPSA) is 65.4 Å². The van der Waals surface area contributed by atoms with E-state index < -0.39 is 0 Å². The number of methoxy groups -OCH3 is 2. The summed E-state index contributed by atoms with van der Waals surface area (Å²) in [7, 11) is 3.15. The predicted molar refractivity (Wildman–Crippen MR) is 98.2 cm³/mol. The van der Waals surface area contributed by atoms with E-state index in [1.165, 1.54) is 12.1 Å². The van der Waals surface area contributed by atoms with Gasteiger partial charge < -0.3 is 19.4 Å². The van der Waals surface area contributed by atoms with E-state index in [1.54, 1.807) is 32.7 Å². The quantitative estimate of drug-likeness (QED) is 0.766. The molecule has 0 aliphatic carbocycles. The van der Waals surface area contributed by atoms with Crippen molar-refractivity contribution < 1.29 is 18.7 Å². The van der Waals surface area contributed by atoms with Crippen molar-refractivity contribution in [2.75, 3.05) is 19.5 Å². The van der Waals surface area contributed by atoms with E-state index in [2.05, 4.69) is 10.3 Å². The second-order valence-electron chi connectivity index (χ2n) is 6.24. The molecule has 1 aliphatic rings. The third-order valence-corrected chi connectivity index (χ3v) is 4.70. The van der Waals surface area contributed by atoms with E-state index in [4.69, 9.17) is 9.47 Å². The molecule has 0 spiro atoms. The Bertz CT molecular complexity index is 998. The van der Waals surface area contributed by atoms with Crippen LogP contribution in [0.15, 0.2) is 48.8 Å². The molecule has 1 aromatic heterocycles. The fourth-order valence-electron chi connectivity index (χ4n) is 3.41. The molecule has 0 bridgehead atoms. The first-order valence-electron chi connectivity index (χ1n) is 8.45. The van der Waals surface area contributed by atoms with Crippen molar-refractivity contribution in [2.45, 2.75) is 12.3 Å². The third-order valence-electron chi connectivity index (χ3n) is 4.70. The van der Waals surface area contributed by atoms with Gasteiger partial charge in [0, 0.05) is 18.0 Å². The van der Waals surface area contributed by atoms with E-state index in [9.17, 15) is 9.18 Å². The number of benzene rings is 2. The summed E-state index contributed by atoms with van der Waals surface area (Å²) in [6, 6.07) is 11.8. The van der Waals surface area contributed by atoms with Crippen LogP contribution in [0.3, 0.4) is 0 Å². The summed E-state index contributed by atoms with van der Waals surface area (Å²) in [4.78, 5) is 16.6. The highest BCUT2D eigenvalue weighted by Gasteiger charge is 2.31. The van der Waals surface area contributed by atoms with Crippen LogP contribution in [0.4, 0.5) is 10.2 Å². The molecule has 0 saturated carbocycles. The zero-order valence-corrected chi connectivity index (χ0v) is 14.9. The van der Waals surface area contributed by atoms with Crippen LogP contribution in [0.5, 0.6) is 11.5 Å². The lowest BCUT2D eigenvalue weighted by Crippen LogP contribution is -2.25. The van der Waals surface area contributed by atoms with Crippen LogP contribution in [-0.2, 0) is 4.79 Å². The second-order valence-corrected chi connectivity index (χ2v) is 6.24. The van der Waals surface area contributed by atoms with Crippen LogP contribution >= 0.6 is 0 Å². The molecule has 4 rings (SSSR count). The predicted octanol–water partition coefficient (Wildman–Crippen LogP) is 3.50. The Labute approximate surface area is 155 Å². The molecular formula is C20H18FN3O3. The number of carbonyl (C=O) groups excluding carboxylic acids is 1. The average Bonchev–Trinajstić information content (AvgIpc) is 3.11. The lowest BCUT2D eigenvalue weighted by molar-refractivity contribution is -0.116. The average molecular weight is 367 g/mol. The molecule has 0 radical (unpaired) electrons. The molecule has 7 heteroatoms. The normalized spacial score (nSPS) is 15.8. The van der Waals surface area contributed by atoms with Gasteiger partial charge in [-0.3, -0.25) is 4.79 Å². The maximum absolute atomic E-state index is 13.3. The molecule has 0 unspecified atom stereocenters. The smallest absolute Gasteiger partial charge is 0.226 e. The van der Waals surface area contributed by atoms with Gasteiger partial charge in [-0.1, -0.05) is 6.07 Å². The van der Waals surface area contributed by atoms with Crippen molar-refractivity contribution >= 4 is 11.7 Å². The summed E-state index contributed by atoms with van der Waals surface area (Å²) >= 11 is 0. The number of rotatable bonds is 4. The van der Waals surface area contributed by atoms with Crippen LogP contribution in [0, 0.1) is 5.82 Å². The van der Waals surface area contributed by atoms with Gasteiger partial charge in [0.05, 0.1) is 19.9 Å². The summed E-state index contributed by atoms with van der Waals surface area (Å²) < 4.78 is 25.9. The molecule has 0 fully saturated rings. The molecule has 1 N–H and O–H groups in total. The Morgan fingerprint density at radius 1 is 1.11 bits per heavy atom. The Kier molecular flexibility index (Phi) is 4.27. The van der Waals surface area contributed by atoms with Crippen molar-refractivity contribution in [3.8, 4) is 17.2 Å². The fourth-order valence-corrected chi connectivity index (χ4v) is 3.41. The van der Waals surface area contributed by atoms with Gasteiger partial charge in [0.1, 0.15) is 12.1 Å². The van der Waals surface area contributed by atoms with Gasteiger partial charge >= 0.3 is 0 Å². The van der Waals surface area contributed by atoms with E-state index in [-0.39, 0.29) is 24.1 Å². The van der Waals surface area contributed by atoms with Gasteiger partial charge in [-0.05, 0) is 42.0 Å². The van der Waals surface area contributed by atoms with Crippen molar-refractivity contribution in [1.29, 1.82) is 0 Å². The SMILES string of the molecule is COc1ccc([C@H]2CC(=O)Nc3ncn(-c4ccc(F)cc4)c32)cc1OC. The Balaban J connectivity index is 1.84. The second kappa shape index (κ2) is 6.75. The Hall–Kier alpha value is -3.35. The van der Waals surface area contributed by atoms with E-state index >= 15 is 0 Å². The molecule has 138 valence electrons. The number of hydrogen-bond acceptors (Lipinski definition) is 4. The number of imidazole rings is 1. The molecule has 1 aliphatic heterocycles. The van der Waals surface area contributed by atoms with Crippen molar-refractivity contribution in [1.82, 2.24) is 9.55 Å². The first-order valence-corrected chi connectivity index (χ1v) is 8.45. The van der Waals surface area contributed by atoms with Crippen LogP contribution in [0.1, 0.15) is 23.6 Å². The first kappa shape index (κ1) is 17.1. The van der Waals surface area contributed by atoms with Crippen LogP contribution in [0.2, 0.25) is 0 Å². The van der Waals surface area contributed by atoms with Gasteiger partial charge in [-0.2, -0.15) is 0 Å². The number of fused-ring (bicyclic) bond motifs is 1. The summed E-state index contributed by atoms with van der Waals surface area (Å²) in [5.74, 6) is 1.09. The molecule has 27 heavy (non-hydrogen) atoms. The number of anilines is 1. The highest BCUT2D eigenvalue weighted by atomic mass is 19.1. The van der Waals surface area contributed by atoms with Crippen molar-refractivity contribution in [2.24, 2.45) is 0 Å². The van der Waals surface area contributed by atoms with E-state index in [0.29, 0.717) is 17.3 Å². The number of amides is 1. The highest BCUT2D eigenvalue weighted by molar-refractivity contribution is 5.94. The molecule has 2 aromatic carbocycles. The number of carbonyl (C=O) groups is 1. The zero-order chi connectivity index (χ0) is 19.0. The number of nitrogens with one attached hydrogen (secondary N) is 1. The minimum Gasteiger partial charge on any atom is -0.493 e. The molecule has 0 saturated heterocycles. The highest BCUT2D eigenvalue weighted by Crippen LogP contribution is 2.40. The zero-order valence-electron chi connectivity index (χ0n) is 14.9. The Morgan fingerprint density at radius 2 is 1.85 bits per heavy atom. The van der Waals surface area contributed by atoms with Gasteiger partial charge in [-0.15, -0.1) is 0 Å². The lowest BCUT2D eigenvalue weighted by atomic mass is 9.89. The Morgan fingerprint density at radius 3 is 2.56 bits per heavy atom. The van der Waals surface area contributed by atoms with Gasteiger partial charge in [0.25, 0.3) is 0 Å². The molecule has 2 heterocycles. The number of nitrogens with zero attached hydrogens (tertiary/aromatic N) is 2. The number of ether oxygens (including phenoxy) is 2. The van der Waals surface area contributed by atoms with Crippen LogP contribution < -0.4 is 14.8 Å². The largest absolute Gasteiger partial charge is 0.493 e. The van der Waals surface area contributed by atoms with Crippen LogP contribution in [0.25, 0.3) is 5.69 Å². The van der Waals surface area contributed by atoms with Crippen molar-refractivity contribution in [3.63, 3.8) is 0 Å². The first-order chi connectivity index (χ1) is 13.1. The molecule has 1 atom stereocenters. The molecule has 1 amide bonds. The van der Waals surface area contributed by atoms with E-state index in [1.807, 2.05) is 22.8 Å². The minimum absolute atomic E-state index is 0.105. The molecule has 6 nitrogen and oxygen atoms in total. The van der Waals surface area contributed by atoms with E-state index in [0.717, 1.165) is 16.9 Å². The van der Waals surface area contributed by atoms with Crippen molar-refractivity contribution in [3.05, 3.63) is 65.9 Å². The fraction of sp³-hybridized carbons (Fsp3) is 0.200. The standard InChI is InChI=1S/C20H18FN3O3/c1-26-16-8-3-12(9-17(16)27-2)15-10-18(25)23-20-19(15)24(11-22-20)14-6-4-13(21)5-7-14/h3-9,11,15H,10H2,1-2H3,(H,23,25)/t15-/m1/s1. The van der Waals surface area contributed by atoms with Gasteiger partial charge in [0.15, 0.2) is 17.3 Å². The van der Waals surface area contributed by atoms with Gasteiger partial charge in [-0.25, -0.2) is 9.37 Å². The summed E-state index contributed by atoms with van der Waals surface area (Å²) in [5, 5.41) is 2.81. The third kappa shape index (κ3) is 3.01. The van der Waals surface area contributed by atoms with Crippen LogP contribution in [-0.4, -0.2) is 29.7 Å². The maximum Gasteiger partial charge on any atom is 0.226 e. The summed E-state index contributed by atoms with van der Waals surface area (Å²) in [5.41, 5.74) is 2.52.